The molecular weight excluding hydrogens is 228 g/mol. The van der Waals surface area contributed by atoms with Crippen LogP contribution >= 0.6 is 0 Å². The topological polar surface area (TPSA) is 55.5 Å². The molecule has 0 unspecified atom stereocenters. The summed E-state index contributed by atoms with van der Waals surface area (Å²) in [5, 5.41) is 9.71. The molecule has 0 radical (unpaired) electrons. The number of alkyl halides is 1. The molecule has 1 aliphatic rings. The normalized spacial score (nSPS) is 28.0. The van der Waals surface area contributed by atoms with Crippen molar-refractivity contribution in [3.05, 3.63) is 35.6 Å². The second-order valence-electron chi connectivity index (χ2n) is 4.37. The van der Waals surface area contributed by atoms with Gasteiger partial charge in [-0.1, -0.05) is 18.2 Å². The monoisotopic (exact) mass is 243 g/mol. The van der Waals surface area contributed by atoms with Crippen molar-refractivity contribution in [2.24, 2.45) is 11.7 Å². The quantitative estimate of drug-likeness (QED) is 0.831. The molecule has 1 aromatic carbocycles. The summed E-state index contributed by atoms with van der Waals surface area (Å²) < 4.78 is 32.0. The van der Waals surface area contributed by atoms with Crippen molar-refractivity contribution in [1.82, 2.24) is 0 Å². The molecule has 3 atom stereocenters. The van der Waals surface area contributed by atoms with Gasteiger partial charge in [-0.3, -0.25) is 0 Å². The lowest BCUT2D eigenvalue weighted by Crippen LogP contribution is -2.51. The molecule has 1 heterocycles. The molecule has 0 spiro atoms. The fourth-order valence-corrected chi connectivity index (χ4v) is 2.24. The van der Waals surface area contributed by atoms with Crippen LogP contribution in [0.15, 0.2) is 24.3 Å². The maximum atomic E-state index is 13.7. The van der Waals surface area contributed by atoms with E-state index in [4.69, 9.17) is 10.5 Å². The standard InChI is InChI=1S/C12H15F2NO2/c13-7-12(15,9-5-17-6-11(9)16)8-3-1-2-4-10(8)14/h1-4,9,11,16H,5-7,15H2/t9-,11+,12+/m0/s1. The van der Waals surface area contributed by atoms with E-state index in [0.717, 1.165) is 0 Å². The Bertz CT molecular complexity index is 402. The third-order valence-electron chi connectivity index (χ3n) is 3.31. The molecule has 1 aromatic rings. The van der Waals surface area contributed by atoms with Gasteiger partial charge in [0.15, 0.2) is 0 Å². The Morgan fingerprint density at radius 1 is 1.41 bits per heavy atom. The van der Waals surface area contributed by atoms with Crippen molar-refractivity contribution in [3.8, 4) is 0 Å². The van der Waals surface area contributed by atoms with Crippen LogP contribution in [0.2, 0.25) is 0 Å². The van der Waals surface area contributed by atoms with Crippen molar-refractivity contribution in [3.63, 3.8) is 0 Å². The Hall–Kier alpha value is -1.04. The van der Waals surface area contributed by atoms with E-state index >= 15 is 0 Å². The van der Waals surface area contributed by atoms with Gasteiger partial charge in [0.25, 0.3) is 0 Å². The molecule has 0 aromatic heterocycles. The van der Waals surface area contributed by atoms with E-state index < -0.39 is 30.1 Å². The van der Waals surface area contributed by atoms with Crippen LogP contribution in [0.1, 0.15) is 5.56 Å². The lowest BCUT2D eigenvalue weighted by Gasteiger charge is -2.34. The van der Waals surface area contributed by atoms with Crippen molar-refractivity contribution in [2.45, 2.75) is 11.6 Å². The molecule has 3 nitrogen and oxygen atoms in total. The SMILES string of the molecule is N[C@](CF)(c1ccccc1F)[C@H]1COC[C@H]1O. The minimum atomic E-state index is -1.54. The summed E-state index contributed by atoms with van der Waals surface area (Å²) in [5.41, 5.74) is 4.50. The second kappa shape index (κ2) is 4.68. The Kier molecular flexibility index (Phi) is 3.42. The van der Waals surface area contributed by atoms with Gasteiger partial charge in [0.2, 0.25) is 0 Å². The molecule has 0 bridgehead atoms. The molecule has 17 heavy (non-hydrogen) atoms. The Morgan fingerprint density at radius 3 is 2.65 bits per heavy atom. The highest BCUT2D eigenvalue weighted by Crippen LogP contribution is 2.34. The van der Waals surface area contributed by atoms with Gasteiger partial charge in [0.05, 0.1) is 24.9 Å². The van der Waals surface area contributed by atoms with Crippen LogP contribution < -0.4 is 5.73 Å². The molecule has 0 saturated carbocycles. The number of halogens is 2. The van der Waals surface area contributed by atoms with Gasteiger partial charge in [-0.05, 0) is 6.07 Å². The van der Waals surface area contributed by atoms with E-state index in [1.807, 2.05) is 0 Å². The summed E-state index contributed by atoms with van der Waals surface area (Å²) in [5.74, 6) is -1.20. The van der Waals surface area contributed by atoms with Gasteiger partial charge in [0.1, 0.15) is 12.5 Å². The maximum Gasteiger partial charge on any atom is 0.128 e. The lowest BCUT2D eigenvalue weighted by molar-refractivity contribution is 0.0798. The zero-order valence-corrected chi connectivity index (χ0v) is 9.27. The van der Waals surface area contributed by atoms with Gasteiger partial charge >= 0.3 is 0 Å². The van der Waals surface area contributed by atoms with E-state index in [9.17, 15) is 13.9 Å². The number of nitrogens with two attached hydrogens (primary N) is 1. The van der Waals surface area contributed by atoms with E-state index in [0.29, 0.717) is 0 Å². The van der Waals surface area contributed by atoms with Crippen LogP contribution in [0.25, 0.3) is 0 Å². The third-order valence-corrected chi connectivity index (χ3v) is 3.31. The number of hydrogen-bond acceptors (Lipinski definition) is 3. The summed E-state index contributed by atoms with van der Waals surface area (Å²) in [6.07, 6.45) is -0.865. The first kappa shape index (κ1) is 12.4. The molecule has 0 amide bonds. The molecule has 1 aliphatic heterocycles. The predicted molar refractivity (Wildman–Crippen MR) is 58.6 cm³/mol. The predicted octanol–water partition coefficient (Wildman–Crippen LogP) is 0.957. The molecule has 3 N–H and O–H groups in total. The zero-order valence-electron chi connectivity index (χ0n) is 9.27. The van der Waals surface area contributed by atoms with Crippen LogP contribution in [-0.2, 0) is 10.3 Å². The van der Waals surface area contributed by atoms with Crippen molar-refractivity contribution in [1.29, 1.82) is 0 Å². The van der Waals surface area contributed by atoms with Gasteiger partial charge < -0.3 is 15.6 Å². The molecule has 1 saturated heterocycles. The first-order chi connectivity index (χ1) is 8.09. The molecule has 2 rings (SSSR count). The largest absolute Gasteiger partial charge is 0.390 e. The summed E-state index contributed by atoms with van der Waals surface area (Å²) in [6.45, 7) is -0.701. The second-order valence-corrected chi connectivity index (χ2v) is 4.37. The van der Waals surface area contributed by atoms with Crippen LogP contribution in [0, 0.1) is 11.7 Å². The van der Waals surface area contributed by atoms with E-state index in [-0.39, 0.29) is 18.8 Å². The van der Waals surface area contributed by atoms with E-state index in [2.05, 4.69) is 0 Å². The van der Waals surface area contributed by atoms with Gasteiger partial charge in [-0.25, -0.2) is 8.78 Å². The van der Waals surface area contributed by atoms with Gasteiger partial charge in [-0.15, -0.1) is 0 Å². The Labute approximate surface area is 98.2 Å². The highest BCUT2D eigenvalue weighted by Gasteiger charge is 2.45. The average Bonchev–Trinajstić information content (AvgIpc) is 2.76. The van der Waals surface area contributed by atoms with Crippen LogP contribution in [0.5, 0.6) is 0 Å². The summed E-state index contributed by atoms with van der Waals surface area (Å²) in [6, 6.07) is 5.78. The van der Waals surface area contributed by atoms with Crippen LogP contribution in [0.3, 0.4) is 0 Å². The van der Waals surface area contributed by atoms with Gasteiger partial charge in [-0.2, -0.15) is 0 Å². The third kappa shape index (κ3) is 2.06. The molecule has 94 valence electrons. The smallest absolute Gasteiger partial charge is 0.128 e. The summed E-state index contributed by atoms with van der Waals surface area (Å²) in [4.78, 5) is 0. The average molecular weight is 243 g/mol. The highest BCUT2D eigenvalue weighted by molar-refractivity contribution is 5.28. The fraction of sp³-hybridized carbons (Fsp3) is 0.500. The minimum Gasteiger partial charge on any atom is -0.390 e. The molecule has 0 aliphatic carbocycles. The number of ether oxygens (including phenoxy) is 1. The van der Waals surface area contributed by atoms with Gasteiger partial charge in [0, 0.05) is 11.5 Å². The minimum absolute atomic E-state index is 0.0806. The fourth-order valence-electron chi connectivity index (χ4n) is 2.24. The first-order valence-corrected chi connectivity index (χ1v) is 5.45. The highest BCUT2D eigenvalue weighted by atomic mass is 19.1. The number of hydrogen-bond donors (Lipinski definition) is 2. The zero-order chi connectivity index (χ0) is 12.5. The van der Waals surface area contributed by atoms with E-state index in [1.165, 1.54) is 18.2 Å². The number of aliphatic hydroxyl groups excluding tert-OH is 1. The van der Waals surface area contributed by atoms with Crippen molar-refractivity contribution >= 4 is 0 Å². The van der Waals surface area contributed by atoms with Crippen LogP contribution in [0.4, 0.5) is 8.78 Å². The van der Waals surface area contributed by atoms with Crippen molar-refractivity contribution in [2.75, 3.05) is 19.9 Å². The maximum absolute atomic E-state index is 13.7. The van der Waals surface area contributed by atoms with Crippen molar-refractivity contribution < 1.29 is 18.6 Å². The lowest BCUT2D eigenvalue weighted by atomic mass is 9.78. The number of aliphatic hydroxyl groups is 1. The molecule has 1 fully saturated rings. The molecular formula is C12H15F2NO2. The summed E-state index contributed by atoms with van der Waals surface area (Å²) in [7, 11) is 0. The first-order valence-electron chi connectivity index (χ1n) is 5.45. The number of rotatable bonds is 3. The Balaban J connectivity index is 2.40. The number of benzene rings is 1. The molecule has 5 heteroatoms. The Morgan fingerprint density at radius 2 is 2.12 bits per heavy atom. The van der Waals surface area contributed by atoms with E-state index in [1.54, 1.807) is 6.07 Å². The van der Waals surface area contributed by atoms with Crippen LogP contribution in [-0.4, -0.2) is 31.1 Å². The summed E-state index contributed by atoms with van der Waals surface area (Å²) >= 11 is 0.